The smallest absolute Gasteiger partial charge is 0.324 e. The minimum absolute atomic E-state index is 0.160. The summed E-state index contributed by atoms with van der Waals surface area (Å²) in [6.45, 7) is 0.274. The number of benzene rings is 1. The molecule has 0 saturated carbocycles. The maximum atomic E-state index is 12.2. The van der Waals surface area contributed by atoms with Gasteiger partial charge in [0.05, 0.1) is 0 Å². The van der Waals surface area contributed by atoms with Crippen LogP contribution in [0.5, 0.6) is 0 Å². The van der Waals surface area contributed by atoms with Crippen molar-refractivity contribution in [3.8, 4) is 0 Å². The second kappa shape index (κ2) is 5.75. The summed E-state index contributed by atoms with van der Waals surface area (Å²) < 4.78 is 5.37. The highest BCUT2D eigenvalue weighted by molar-refractivity contribution is 8.00. The third-order valence-corrected chi connectivity index (χ3v) is 5.00. The van der Waals surface area contributed by atoms with Crippen molar-refractivity contribution in [3.05, 3.63) is 52.0 Å². The van der Waals surface area contributed by atoms with E-state index in [9.17, 15) is 4.79 Å². The van der Waals surface area contributed by atoms with Crippen molar-refractivity contribution in [2.45, 2.75) is 18.3 Å². The Morgan fingerprint density at radius 3 is 3.16 bits per heavy atom. The van der Waals surface area contributed by atoms with Gasteiger partial charge in [-0.25, -0.2) is 4.98 Å². The van der Waals surface area contributed by atoms with E-state index in [2.05, 4.69) is 11.1 Å². The molecule has 3 nitrogen and oxygen atoms in total. The van der Waals surface area contributed by atoms with Crippen molar-refractivity contribution >= 4 is 29.1 Å². The van der Waals surface area contributed by atoms with Crippen LogP contribution in [0.3, 0.4) is 0 Å². The lowest BCUT2D eigenvalue weighted by Gasteiger charge is -2.23. The molecule has 1 aromatic carbocycles. The quantitative estimate of drug-likeness (QED) is 0.814. The van der Waals surface area contributed by atoms with Gasteiger partial charge in [-0.2, -0.15) is 0 Å². The van der Waals surface area contributed by atoms with E-state index in [0.717, 1.165) is 22.7 Å². The topological polar surface area (TPSA) is 39.2 Å². The normalized spacial score (nSPS) is 17.8. The van der Waals surface area contributed by atoms with E-state index in [1.54, 1.807) is 18.0 Å². The number of aryl methyl sites for hydroxylation is 1. The lowest BCUT2D eigenvalue weighted by atomic mass is 10.0. The second-order valence-corrected chi connectivity index (χ2v) is 6.43. The zero-order valence-corrected chi connectivity index (χ0v) is 11.9. The summed E-state index contributed by atoms with van der Waals surface area (Å²) >= 11 is 3.16. The molecule has 2 heterocycles. The summed E-state index contributed by atoms with van der Waals surface area (Å²) in [7, 11) is 0. The lowest BCUT2D eigenvalue weighted by molar-refractivity contribution is -0.144. The number of fused-ring (bicyclic) bond motifs is 1. The zero-order valence-electron chi connectivity index (χ0n) is 10.2. The number of hydrogen-bond acceptors (Lipinski definition) is 5. The van der Waals surface area contributed by atoms with Crippen LogP contribution in [-0.4, -0.2) is 16.7 Å². The first-order valence-corrected chi connectivity index (χ1v) is 8.02. The lowest BCUT2D eigenvalue weighted by Crippen LogP contribution is -2.18. The summed E-state index contributed by atoms with van der Waals surface area (Å²) in [5, 5.41) is 2.53. The molecule has 1 atom stereocenters. The Labute approximate surface area is 120 Å². The van der Waals surface area contributed by atoms with Gasteiger partial charge in [0.1, 0.15) is 16.9 Å². The summed E-state index contributed by atoms with van der Waals surface area (Å²) in [6.07, 6.45) is 2.75. The van der Waals surface area contributed by atoms with Gasteiger partial charge in [0.15, 0.2) is 0 Å². The van der Waals surface area contributed by atoms with Crippen molar-refractivity contribution in [2.75, 3.05) is 5.75 Å². The van der Waals surface area contributed by atoms with E-state index in [1.165, 1.54) is 16.9 Å². The highest BCUT2D eigenvalue weighted by Gasteiger charge is 2.28. The maximum Gasteiger partial charge on any atom is 0.324 e. The minimum Gasteiger partial charge on any atom is -0.457 e. The fourth-order valence-corrected chi connectivity index (χ4v) is 3.84. The molecule has 1 aliphatic rings. The number of aromatic nitrogens is 1. The van der Waals surface area contributed by atoms with Crippen molar-refractivity contribution < 1.29 is 9.53 Å². The largest absolute Gasteiger partial charge is 0.457 e. The number of carbonyl (C=O) groups is 1. The van der Waals surface area contributed by atoms with Gasteiger partial charge in [-0.3, -0.25) is 4.79 Å². The molecule has 1 aromatic heterocycles. The number of nitrogens with zero attached hydrogens (tertiary/aromatic N) is 1. The molecule has 0 N–H and O–H groups in total. The first kappa shape index (κ1) is 12.7. The zero-order chi connectivity index (χ0) is 13.1. The van der Waals surface area contributed by atoms with Crippen molar-refractivity contribution in [3.63, 3.8) is 0 Å². The van der Waals surface area contributed by atoms with Crippen LogP contribution in [0.25, 0.3) is 0 Å². The Hall–Kier alpha value is -1.33. The molecule has 0 bridgehead atoms. The van der Waals surface area contributed by atoms with Gasteiger partial charge in [-0.1, -0.05) is 24.3 Å². The molecule has 5 heteroatoms. The summed E-state index contributed by atoms with van der Waals surface area (Å²) in [6, 6.07) is 8.12. The number of thioether (sulfide) groups is 1. The van der Waals surface area contributed by atoms with Crippen LogP contribution < -0.4 is 0 Å². The molecular weight excluding hydrogens is 278 g/mol. The molecule has 2 aromatic rings. The number of hydrogen-bond donors (Lipinski definition) is 0. The Morgan fingerprint density at radius 2 is 2.32 bits per heavy atom. The standard InChI is InChI=1S/C14H13NO2S2/c16-14(17-9-12-15-6-8-18-12)13-11-4-2-1-3-10(11)5-7-19-13/h1-4,6,8,13H,5,7,9H2/t13-/m1/s1. The van der Waals surface area contributed by atoms with Crippen LogP contribution in [0, 0.1) is 0 Å². The van der Waals surface area contributed by atoms with E-state index in [-0.39, 0.29) is 17.8 Å². The number of rotatable bonds is 3. The molecule has 19 heavy (non-hydrogen) atoms. The SMILES string of the molecule is O=C(OCc1nccs1)[C@@H]1SCCc2ccccc21. The second-order valence-electron chi connectivity index (χ2n) is 4.23. The third-order valence-electron chi connectivity index (χ3n) is 3.03. The maximum absolute atomic E-state index is 12.2. The van der Waals surface area contributed by atoms with Crippen molar-refractivity contribution in [2.24, 2.45) is 0 Å². The summed E-state index contributed by atoms with van der Waals surface area (Å²) in [4.78, 5) is 16.3. The average Bonchev–Trinajstić information content (AvgIpc) is 2.97. The molecule has 0 unspecified atom stereocenters. The molecule has 0 amide bonds. The van der Waals surface area contributed by atoms with Crippen molar-refractivity contribution in [1.82, 2.24) is 4.98 Å². The molecule has 98 valence electrons. The summed E-state index contributed by atoms with van der Waals surface area (Å²) in [5.74, 6) is 0.806. The Kier molecular flexibility index (Phi) is 3.84. The molecule has 0 saturated heterocycles. The number of thiazole rings is 1. The fourth-order valence-electron chi connectivity index (χ4n) is 2.12. The van der Waals surface area contributed by atoms with Gasteiger partial charge in [0.25, 0.3) is 0 Å². The van der Waals surface area contributed by atoms with E-state index in [1.807, 2.05) is 23.6 Å². The van der Waals surface area contributed by atoms with Crippen molar-refractivity contribution in [1.29, 1.82) is 0 Å². The van der Waals surface area contributed by atoms with E-state index < -0.39 is 0 Å². The van der Waals surface area contributed by atoms with E-state index in [4.69, 9.17) is 4.74 Å². The highest BCUT2D eigenvalue weighted by Crippen LogP contribution is 2.37. The average molecular weight is 291 g/mol. The van der Waals surface area contributed by atoms with Crippen LogP contribution in [0.4, 0.5) is 0 Å². The van der Waals surface area contributed by atoms with Crippen LogP contribution >= 0.6 is 23.1 Å². The minimum atomic E-state index is -0.190. The first-order chi connectivity index (χ1) is 9.34. The van der Waals surface area contributed by atoms with Gasteiger partial charge >= 0.3 is 5.97 Å². The summed E-state index contributed by atoms with van der Waals surface area (Å²) in [5.41, 5.74) is 2.36. The number of esters is 1. The number of ether oxygens (including phenoxy) is 1. The van der Waals surface area contributed by atoms with Crippen LogP contribution in [0.15, 0.2) is 35.8 Å². The molecular formula is C14H13NO2S2. The van der Waals surface area contributed by atoms with Crippen LogP contribution in [0.1, 0.15) is 21.4 Å². The molecule has 3 rings (SSSR count). The number of carbonyl (C=O) groups excluding carboxylic acids is 1. The van der Waals surface area contributed by atoms with Crippen LogP contribution in [0.2, 0.25) is 0 Å². The van der Waals surface area contributed by atoms with Gasteiger partial charge in [-0.05, 0) is 23.3 Å². The van der Waals surface area contributed by atoms with Crippen LogP contribution in [-0.2, 0) is 22.6 Å². The Balaban J connectivity index is 1.71. The molecule has 0 aliphatic carbocycles. The molecule has 1 aliphatic heterocycles. The monoisotopic (exact) mass is 291 g/mol. The predicted molar refractivity (Wildman–Crippen MR) is 77.3 cm³/mol. The van der Waals surface area contributed by atoms with E-state index >= 15 is 0 Å². The Bertz CT molecular complexity index is 569. The highest BCUT2D eigenvalue weighted by atomic mass is 32.2. The van der Waals surface area contributed by atoms with Gasteiger partial charge in [-0.15, -0.1) is 23.1 Å². The van der Waals surface area contributed by atoms with Gasteiger partial charge < -0.3 is 4.74 Å². The fraction of sp³-hybridized carbons (Fsp3) is 0.286. The molecule has 0 spiro atoms. The van der Waals surface area contributed by atoms with E-state index in [0.29, 0.717) is 0 Å². The molecule has 0 radical (unpaired) electrons. The van der Waals surface area contributed by atoms with Gasteiger partial charge in [0.2, 0.25) is 0 Å². The predicted octanol–water partition coefficient (Wildman–Crippen LogP) is 3.22. The third kappa shape index (κ3) is 2.82. The molecule has 0 fully saturated rings. The first-order valence-electron chi connectivity index (χ1n) is 6.09. The van der Waals surface area contributed by atoms with Gasteiger partial charge in [0, 0.05) is 11.6 Å². The Morgan fingerprint density at radius 1 is 1.42 bits per heavy atom.